The monoisotopic (exact) mass is 418 g/mol. The third kappa shape index (κ3) is 4.23. The number of fused-ring (bicyclic) bond motifs is 1. The molecule has 1 amide bonds. The summed E-state index contributed by atoms with van der Waals surface area (Å²) in [6.45, 7) is 3.37. The van der Waals surface area contributed by atoms with E-state index in [2.05, 4.69) is 4.98 Å². The fourth-order valence-electron chi connectivity index (χ4n) is 3.32. The molecule has 1 aliphatic rings. The maximum Gasteiger partial charge on any atom is 0.260 e. The maximum atomic E-state index is 14.1. The molecular formula is C21H20F2N2O3S. The summed E-state index contributed by atoms with van der Waals surface area (Å²) < 4.78 is 39.2. The Balaban J connectivity index is 1.69. The molecule has 1 saturated heterocycles. The van der Waals surface area contributed by atoms with Crippen molar-refractivity contribution in [1.29, 1.82) is 0 Å². The molecule has 0 aliphatic carbocycles. The van der Waals surface area contributed by atoms with Gasteiger partial charge in [-0.3, -0.25) is 9.69 Å². The number of carbonyl (C=O) groups excluding carboxylic acids is 1. The van der Waals surface area contributed by atoms with E-state index < -0.39 is 11.6 Å². The molecule has 0 N–H and O–H groups in total. The van der Waals surface area contributed by atoms with Crippen LogP contribution < -0.4 is 9.64 Å². The second-order valence-corrected chi connectivity index (χ2v) is 7.75. The van der Waals surface area contributed by atoms with E-state index in [4.69, 9.17) is 9.47 Å². The number of hydrogen-bond donors (Lipinski definition) is 0. The van der Waals surface area contributed by atoms with Gasteiger partial charge < -0.3 is 9.47 Å². The van der Waals surface area contributed by atoms with Gasteiger partial charge in [-0.2, -0.15) is 0 Å². The Labute approximate surface area is 170 Å². The fraction of sp³-hybridized carbons (Fsp3) is 0.333. The van der Waals surface area contributed by atoms with Crippen LogP contribution in [0.15, 0.2) is 36.4 Å². The summed E-state index contributed by atoms with van der Waals surface area (Å²) in [5.41, 5.74) is 0.514. The van der Waals surface area contributed by atoms with Crippen molar-refractivity contribution < 1.29 is 23.0 Å². The van der Waals surface area contributed by atoms with Crippen LogP contribution in [0.3, 0.4) is 0 Å². The first-order chi connectivity index (χ1) is 14.0. The molecule has 3 aromatic rings. The molecule has 1 atom stereocenters. The van der Waals surface area contributed by atoms with Gasteiger partial charge in [0.2, 0.25) is 0 Å². The number of ether oxygens (including phenoxy) is 2. The Kier molecular flexibility index (Phi) is 5.73. The van der Waals surface area contributed by atoms with Crippen molar-refractivity contribution in [1.82, 2.24) is 4.98 Å². The Bertz CT molecular complexity index is 1020. The van der Waals surface area contributed by atoms with Gasteiger partial charge in [-0.05, 0) is 50.1 Å². The summed E-state index contributed by atoms with van der Waals surface area (Å²) in [7, 11) is 0. The molecule has 0 spiro atoms. The first-order valence-electron chi connectivity index (χ1n) is 9.47. The Morgan fingerprint density at radius 2 is 2.10 bits per heavy atom. The Morgan fingerprint density at radius 1 is 1.31 bits per heavy atom. The zero-order valence-electron chi connectivity index (χ0n) is 15.9. The summed E-state index contributed by atoms with van der Waals surface area (Å²) >= 11 is 1.09. The highest BCUT2D eigenvalue weighted by Crippen LogP contribution is 2.33. The number of amides is 1. The number of halogens is 2. The highest BCUT2D eigenvalue weighted by molar-refractivity contribution is 7.22. The third-order valence-corrected chi connectivity index (χ3v) is 5.73. The molecular weight excluding hydrogens is 398 g/mol. The normalized spacial score (nSPS) is 16.3. The zero-order valence-corrected chi connectivity index (χ0v) is 16.7. The number of benzene rings is 2. The first-order valence-corrected chi connectivity index (χ1v) is 10.3. The zero-order chi connectivity index (χ0) is 20.4. The number of thiazole rings is 1. The molecule has 29 heavy (non-hydrogen) atoms. The quantitative estimate of drug-likeness (QED) is 0.577. The van der Waals surface area contributed by atoms with Crippen molar-refractivity contribution in [2.45, 2.75) is 25.9 Å². The highest BCUT2D eigenvalue weighted by atomic mass is 32.1. The summed E-state index contributed by atoms with van der Waals surface area (Å²) in [5, 5.41) is 0.318. The molecule has 1 fully saturated rings. The van der Waals surface area contributed by atoms with E-state index in [1.165, 1.54) is 11.0 Å². The Morgan fingerprint density at radius 3 is 2.79 bits per heavy atom. The van der Waals surface area contributed by atoms with Gasteiger partial charge in [-0.15, -0.1) is 0 Å². The van der Waals surface area contributed by atoms with Crippen LogP contribution in [0.1, 0.15) is 30.1 Å². The lowest BCUT2D eigenvalue weighted by Crippen LogP contribution is -2.37. The van der Waals surface area contributed by atoms with Crippen LogP contribution in [0, 0.1) is 11.6 Å². The molecule has 4 rings (SSSR count). The minimum Gasteiger partial charge on any atom is -0.494 e. The number of carbonyl (C=O) groups is 1. The largest absolute Gasteiger partial charge is 0.494 e. The molecule has 0 saturated carbocycles. The predicted molar refractivity (Wildman–Crippen MR) is 108 cm³/mol. The maximum absolute atomic E-state index is 14.1. The number of nitrogens with zero attached hydrogens (tertiary/aromatic N) is 2. The number of anilines is 1. The Hall–Kier alpha value is -2.58. The van der Waals surface area contributed by atoms with Gasteiger partial charge in [-0.25, -0.2) is 13.8 Å². The first kappa shape index (κ1) is 19.7. The second kappa shape index (κ2) is 8.42. The lowest BCUT2D eigenvalue weighted by Gasteiger charge is -2.23. The molecule has 1 unspecified atom stereocenters. The molecule has 0 bridgehead atoms. The highest BCUT2D eigenvalue weighted by Gasteiger charge is 2.27. The van der Waals surface area contributed by atoms with Crippen LogP contribution in [0.2, 0.25) is 0 Å². The molecule has 2 aromatic carbocycles. The van der Waals surface area contributed by atoms with Crippen molar-refractivity contribution in [3.63, 3.8) is 0 Å². The van der Waals surface area contributed by atoms with E-state index in [0.29, 0.717) is 40.9 Å². The minimum atomic E-state index is -0.743. The minimum absolute atomic E-state index is 0.0586. The van der Waals surface area contributed by atoms with Gasteiger partial charge in [0.1, 0.15) is 17.1 Å². The average molecular weight is 418 g/mol. The van der Waals surface area contributed by atoms with Crippen molar-refractivity contribution in [3.05, 3.63) is 53.6 Å². The van der Waals surface area contributed by atoms with Crippen LogP contribution in [-0.2, 0) is 4.74 Å². The standard InChI is InChI=1S/C21H20F2N2O3S/c1-2-27-15-7-5-13(6-8-15)20(26)25(12-16-4-3-9-28-16)21-24-19-17(23)10-14(22)11-18(19)29-21/h5-8,10-11,16H,2-4,9,12H2,1H3. The van der Waals surface area contributed by atoms with Crippen LogP contribution in [-0.4, -0.2) is 36.8 Å². The topological polar surface area (TPSA) is 51.7 Å². The van der Waals surface area contributed by atoms with E-state index in [1.807, 2.05) is 6.92 Å². The van der Waals surface area contributed by atoms with Crippen LogP contribution in [0.4, 0.5) is 13.9 Å². The fourth-order valence-corrected chi connectivity index (χ4v) is 4.33. The molecule has 8 heteroatoms. The second-order valence-electron chi connectivity index (χ2n) is 6.74. The van der Waals surface area contributed by atoms with Gasteiger partial charge in [0.25, 0.3) is 5.91 Å². The van der Waals surface area contributed by atoms with E-state index in [9.17, 15) is 13.6 Å². The SMILES string of the molecule is CCOc1ccc(C(=O)N(CC2CCCO2)c2nc3c(F)cc(F)cc3s2)cc1. The average Bonchev–Trinajstić information content (AvgIpc) is 3.36. The van der Waals surface area contributed by atoms with Gasteiger partial charge in [0.05, 0.1) is 24.0 Å². The smallest absolute Gasteiger partial charge is 0.260 e. The molecule has 2 heterocycles. The lowest BCUT2D eigenvalue weighted by molar-refractivity contribution is 0.0917. The van der Waals surface area contributed by atoms with Crippen LogP contribution in [0.25, 0.3) is 10.2 Å². The molecule has 1 aliphatic heterocycles. The van der Waals surface area contributed by atoms with Crippen molar-refractivity contribution in [3.8, 4) is 5.75 Å². The van der Waals surface area contributed by atoms with Gasteiger partial charge in [0.15, 0.2) is 10.9 Å². The molecule has 5 nitrogen and oxygen atoms in total. The summed E-state index contributed by atoms with van der Waals surface area (Å²) in [6, 6.07) is 8.85. The third-order valence-electron chi connectivity index (χ3n) is 4.70. The van der Waals surface area contributed by atoms with E-state index in [1.54, 1.807) is 24.3 Å². The molecule has 0 radical (unpaired) electrons. The summed E-state index contributed by atoms with van der Waals surface area (Å²) in [4.78, 5) is 19.0. The number of rotatable bonds is 6. The van der Waals surface area contributed by atoms with Gasteiger partial charge >= 0.3 is 0 Å². The summed E-state index contributed by atoms with van der Waals surface area (Å²) in [5.74, 6) is -1.02. The predicted octanol–water partition coefficient (Wildman–Crippen LogP) is 4.80. The molecule has 152 valence electrons. The summed E-state index contributed by atoms with van der Waals surface area (Å²) in [6.07, 6.45) is 1.64. The van der Waals surface area contributed by atoms with Crippen LogP contribution in [0.5, 0.6) is 5.75 Å². The van der Waals surface area contributed by atoms with Gasteiger partial charge in [-0.1, -0.05) is 11.3 Å². The van der Waals surface area contributed by atoms with E-state index >= 15 is 0 Å². The van der Waals surface area contributed by atoms with E-state index in [-0.39, 0.29) is 17.5 Å². The lowest BCUT2D eigenvalue weighted by atomic mass is 10.1. The van der Waals surface area contributed by atoms with Crippen molar-refractivity contribution in [2.24, 2.45) is 0 Å². The number of hydrogen-bond acceptors (Lipinski definition) is 5. The van der Waals surface area contributed by atoms with Crippen molar-refractivity contribution in [2.75, 3.05) is 24.7 Å². The van der Waals surface area contributed by atoms with Crippen LogP contribution >= 0.6 is 11.3 Å². The van der Waals surface area contributed by atoms with Gasteiger partial charge in [0, 0.05) is 18.2 Å². The molecule has 1 aromatic heterocycles. The van der Waals surface area contributed by atoms with E-state index in [0.717, 1.165) is 30.2 Å². The number of aromatic nitrogens is 1. The van der Waals surface area contributed by atoms with Crippen molar-refractivity contribution >= 4 is 32.6 Å².